The van der Waals surface area contributed by atoms with E-state index in [2.05, 4.69) is 29.2 Å². The molecule has 20 heavy (non-hydrogen) atoms. The topological polar surface area (TPSA) is 40.5 Å². The Bertz CT molecular complexity index is 439. The first kappa shape index (κ1) is 15.0. The lowest BCUT2D eigenvalue weighted by atomic mass is 9.82. The van der Waals surface area contributed by atoms with Crippen molar-refractivity contribution >= 4 is 5.97 Å². The SMILES string of the molecule is CCC(CC)(CN1CCc2ccccc2CC1)C(=O)O. The van der Waals surface area contributed by atoms with Gasteiger partial charge in [0, 0.05) is 19.6 Å². The summed E-state index contributed by atoms with van der Waals surface area (Å²) < 4.78 is 0. The summed E-state index contributed by atoms with van der Waals surface area (Å²) in [5, 5.41) is 9.57. The number of nitrogens with zero attached hydrogens (tertiary/aromatic N) is 1. The molecule has 1 aliphatic rings. The number of hydrogen-bond acceptors (Lipinski definition) is 2. The van der Waals surface area contributed by atoms with Crippen molar-refractivity contribution in [1.29, 1.82) is 0 Å². The smallest absolute Gasteiger partial charge is 0.310 e. The summed E-state index contributed by atoms with van der Waals surface area (Å²) in [4.78, 5) is 14.0. The molecule has 0 saturated carbocycles. The molecule has 1 aliphatic heterocycles. The van der Waals surface area contributed by atoms with Crippen LogP contribution in [0.15, 0.2) is 24.3 Å². The van der Waals surface area contributed by atoms with Gasteiger partial charge in [-0.2, -0.15) is 0 Å². The molecule has 1 N–H and O–H groups in total. The van der Waals surface area contributed by atoms with Gasteiger partial charge in [0.25, 0.3) is 0 Å². The van der Waals surface area contributed by atoms with Crippen LogP contribution in [0.5, 0.6) is 0 Å². The molecular formula is C17H25NO2. The Morgan fingerprint density at radius 2 is 1.65 bits per heavy atom. The van der Waals surface area contributed by atoms with Gasteiger partial charge in [0.1, 0.15) is 0 Å². The van der Waals surface area contributed by atoms with Crippen LogP contribution < -0.4 is 0 Å². The van der Waals surface area contributed by atoms with Crippen LogP contribution in [0, 0.1) is 5.41 Å². The zero-order valence-electron chi connectivity index (χ0n) is 12.6. The Hall–Kier alpha value is -1.35. The van der Waals surface area contributed by atoms with E-state index in [-0.39, 0.29) is 0 Å². The maximum absolute atomic E-state index is 11.6. The van der Waals surface area contributed by atoms with Gasteiger partial charge in [-0.3, -0.25) is 4.79 Å². The summed E-state index contributed by atoms with van der Waals surface area (Å²) in [7, 11) is 0. The van der Waals surface area contributed by atoms with Crippen LogP contribution >= 0.6 is 0 Å². The molecule has 1 aromatic carbocycles. The lowest BCUT2D eigenvalue weighted by Crippen LogP contribution is -2.43. The number of carboxylic acids is 1. The zero-order valence-corrected chi connectivity index (χ0v) is 12.6. The Kier molecular flexibility index (Phi) is 4.81. The highest BCUT2D eigenvalue weighted by atomic mass is 16.4. The first-order valence-electron chi connectivity index (χ1n) is 7.64. The molecule has 0 bridgehead atoms. The van der Waals surface area contributed by atoms with E-state index < -0.39 is 11.4 Å². The quantitative estimate of drug-likeness (QED) is 0.898. The highest BCUT2D eigenvalue weighted by molar-refractivity contribution is 5.74. The normalized spacial score (nSPS) is 16.5. The van der Waals surface area contributed by atoms with Crippen molar-refractivity contribution in [2.45, 2.75) is 39.5 Å². The van der Waals surface area contributed by atoms with Gasteiger partial charge in [0.2, 0.25) is 0 Å². The number of fused-ring (bicyclic) bond motifs is 1. The van der Waals surface area contributed by atoms with Crippen molar-refractivity contribution in [2.75, 3.05) is 19.6 Å². The van der Waals surface area contributed by atoms with Crippen LogP contribution in [0.3, 0.4) is 0 Å². The molecule has 110 valence electrons. The van der Waals surface area contributed by atoms with E-state index in [0.29, 0.717) is 19.4 Å². The number of carboxylic acid groups (broad SMARTS) is 1. The Labute approximate surface area is 121 Å². The number of hydrogen-bond donors (Lipinski definition) is 1. The van der Waals surface area contributed by atoms with Gasteiger partial charge in [0.15, 0.2) is 0 Å². The van der Waals surface area contributed by atoms with Crippen molar-refractivity contribution in [3.63, 3.8) is 0 Å². The standard InChI is InChI=1S/C17H25NO2/c1-3-17(4-2,16(19)20)13-18-11-9-14-7-5-6-8-15(14)10-12-18/h5-8H,3-4,9-13H2,1-2H3,(H,19,20). The summed E-state index contributed by atoms with van der Waals surface area (Å²) >= 11 is 0. The average Bonchev–Trinajstić information content (AvgIpc) is 2.67. The fourth-order valence-electron chi connectivity index (χ4n) is 3.14. The molecule has 0 spiro atoms. The average molecular weight is 275 g/mol. The summed E-state index contributed by atoms with van der Waals surface area (Å²) in [6.07, 6.45) is 3.45. The van der Waals surface area contributed by atoms with Crippen molar-refractivity contribution in [2.24, 2.45) is 5.41 Å². The summed E-state index contributed by atoms with van der Waals surface area (Å²) in [6, 6.07) is 8.58. The van der Waals surface area contributed by atoms with Gasteiger partial charge in [-0.05, 0) is 36.8 Å². The minimum absolute atomic E-state index is 0.587. The van der Waals surface area contributed by atoms with Gasteiger partial charge < -0.3 is 10.0 Å². The Balaban J connectivity index is 2.07. The van der Waals surface area contributed by atoms with E-state index in [1.54, 1.807) is 0 Å². The molecule has 0 radical (unpaired) electrons. The molecule has 0 amide bonds. The van der Waals surface area contributed by atoms with Crippen LogP contribution in [0.2, 0.25) is 0 Å². The summed E-state index contributed by atoms with van der Waals surface area (Å²) in [6.45, 7) is 6.58. The van der Waals surface area contributed by atoms with Crippen LogP contribution in [0.4, 0.5) is 0 Å². The molecule has 0 saturated heterocycles. The van der Waals surface area contributed by atoms with Gasteiger partial charge in [-0.1, -0.05) is 38.1 Å². The van der Waals surface area contributed by atoms with E-state index in [1.165, 1.54) is 11.1 Å². The van der Waals surface area contributed by atoms with Crippen LogP contribution in [0.1, 0.15) is 37.8 Å². The first-order chi connectivity index (χ1) is 9.61. The van der Waals surface area contributed by atoms with Crippen LogP contribution in [-0.2, 0) is 17.6 Å². The van der Waals surface area contributed by atoms with Crippen molar-refractivity contribution in [3.8, 4) is 0 Å². The molecular weight excluding hydrogens is 250 g/mol. The molecule has 0 unspecified atom stereocenters. The minimum Gasteiger partial charge on any atom is -0.481 e. The summed E-state index contributed by atoms with van der Waals surface area (Å²) in [5.41, 5.74) is 2.25. The maximum Gasteiger partial charge on any atom is 0.310 e. The van der Waals surface area contributed by atoms with E-state index in [1.807, 2.05) is 13.8 Å². The third-order valence-corrected chi connectivity index (χ3v) is 4.85. The van der Waals surface area contributed by atoms with Crippen molar-refractivity contribution in [1.82, 2.24) is 4.90 Å². The molecule has 0 aliphatic carbocycles. The number of carbonyl (C=O) groups is 1. The molecule has 0 atom stereocenters. The fourth-order valence-corrected chi connectivity index (χ4v) is 3.14. The van der Waals surface area contributed by atoms with Crippen LogP contribution in [-0.4, -0.2) is 35.6 Å². The predicted molar refractivity (Wildman–Crippen MR) is 80.9 cm³/mol. The largest absolute Gasteiger partial charge is 0.481 e. The Morgan fingerprint density at radius 3 is 2.05 bits per heavy atom. The maximum atomic E-state index is 11.6. The molecule has 0 aromatic heterocycles. The van der Waals surface area contributed by atoms with Crippen molar-refractivity contribution in [3.05, 3.63) is 35.4 Å². The van der Waals surface area contributed by atoms with Gasteiger partial charge in [0.05, 0.1) is 5.41 Å². The number of rotatable bonds is 5. The molecule has 2 rings (SSSR count). The third-order valence-electron chi connectivity index (χ3n) is 4.85. The van der Waals surface area contributed by atoms with Gasteiger partial charge in [-0.25, -0.2) is 0 Å². The number of benzene rings is 1. The zero-order chi connectivity index (χ0) is 14.6. The highest BCUT2D eigenvalue weighted by Crippen LogP contribution is 2.29. The van der Waals surface area contributed by atoms with E-state index in [0.717, 1.165) is 25.9 Å². The second-order valence-electron chi connectivity index (χ2n) is 5.84. The fraction of sp³-hybridized carbons (Fsp3) is 0.588. The van der Waals surface area contributed by atoms with Gasteiger partial charge >= 0.3 is 5.97 Å². The Morgan fingerprint density at radius 1 is 1.15 bits per heavy atom. The van der Waals surface area contributed by atoms with Gasteiger partial charge in [-0.15, -0.1) is 0 Å². The second kappa shape index (κ2) is 6.40. The van der Waals surface area contributed by atoms with Crippen molar-refractivity contribution < 1.29 is 9.90 Å². The van der Waals surface area contributed by atoms with Crippen LogP contribution in [0.25, 0.3) is 0 Å². The minimum atomic E-state index is -0.649. The monoisotopic (exact) mass is 275 g/mol. The highest BCUT2D eigenvalue weighted by Gasteiger charge is 2.36. The predicted octanol–water partition coefficient (Wildman–Crippen LogP) is 2.98. The first-order valence-corrected chi connectivity index (χ1v) is 7.64. The summed E-state index contributed by atoms with van der Waals surface area (Å²) in [5.74, 6) is -0.649. The molecule has 3 nitrogen and oxygen atoms in total. The van der Waals surface area contributed by atoms with E-state index in [9.17, 15) is 9.90 Å². The lowest BCUT2D eigenvalue weighted by Gasteiger charge is -2.33. The van der Waals surface area contributed by atoms with E-state index in [4.69, 9.17) is 0 Å². The second-order valence-corrected chi connectivity index (χ2v) is 5.84. The molecule has 0 fully saturated rings. The lowest BCUT2D eigenvalue weighted by molar-refractivity contribution is -0.150. The number of aliphatic carboxylic acids is 1. The van der Waals surface area contributed by atoms with E-state index >= 15 is 0 Å². The molecule has 1 heterocycles. The third kappa shape index (κ3) is 3.04. The molecule has 3 heteroatoms. The molecule has 1 aromatic rings.